The molecular weight excluding hydrogens is 417 g/mol. The summed E-state index contributed by atoms with van der Waals surface area (Å²) in [5, 5.41) is 2.58. The Labute approximate surface area is 175 Å². The Morgan fingerprint density at radius 2 is 1.79 bits per heavy atom. The van der Waals surface area contributed by atoms with Crippen molar-refractivity contribution in [3.05, 3.63) is 90.0 Å². The van der Waals surface area contributed by atoms with Crippen molar-refractivity contribution in [2.75, 3.05) is 11.5 Å². The predicted molar refractivity (Wildman–Crippen MR) is 107 cm³/mol. The third kappa shape index (κ3) is 10.1. The zero-order chi connectivity index (χ0) is 19.5. The van der Waals surface area contributed by atoms with Crippen LogP contribution < -0.4 is 5.32 Å². The van der Waals surface area contributed by atoms with E-state index in [1.165, 1.54) is 0 Å². The van der Waals surface area contributed by atoms with Crippen molar-refractivity contribution in [1.29, 1.82) is 0 Å². The minimum absolute atomic E-state index is 0. The molecule has 0 unspecified atom stereocenters. The van der Waals surface area contributed by atoms with Crippen LogP contribution in [0, 0.1) is 11.8 Å². The fraction of sp³-hybridized carbons (Fsp3) is 0.0952. The molecule has 0 radical (unpaired) electrons. The Morgan fingerprint density at radius 3 is 2.36 bits per heavy atom. The van der Waals surface area contributed by atoms with Gasteiger partial charge in [-0.3, -0.25) is 9.36 Å². The number of benzene rings is 1. The van der Waals surface area contributed by atoms with Crippen molar-refractivity contribution in [3.63, 3.8) is 0 Å². The van der Waals surface area contributed by atoms with Crippen LogP contribution in [-0.4, -0.2) is 21.9 Å². The van der Waals surface area contributed by atoms with E-state index in [9.17, 15) is 9.36 Å². The van der Waals surface area contributed by atoms with E-state index in [1.807, 2.05) is 60.7 Å². The second-order valence-electron chi connectivity index (χ2n) is 5.65. The zero-order valence-corrected chi connectivity index (χ0v) is 16.9. The van der Waals surface area contributed by atoms with Gasteiger partial charge in [-0.15, -0.1) is 12.1 Å². The van der Waals surface area contributed by atoms with Crippen molar-refractivity contribution in [3.8, 4) is 11.8 Å². The van der Waals surface area contributed by atoms with Crippen LogP contribution >= 0.6 is 7.60 Å². The van der Waals surface area contributed by atoms with Gasteiger partial charge in [-0.25, -0.2) is 12.1 Å². The van der Waals surface area contributed by atoms with Gasteiger partial charge in [0.25, 0.3) is 0 Å². The summed E-state index contributed by atoms with van der Waals surface area (Å²) >= 11 is 0. The zero-order valence-electron chi connectivity index (χ0n) is 14.9. The number of anilines is 1. The van der Waals surface area contributed by atoms with Crippen molar-refractivity contribution >= 4 is 19.2 Å². The first-order valence-electron chi connectivity index (χ1n) is 8.27. The molecule has 0 atom stereocenters. The van der Waals surface area contributed by atoms with Crippen molar-refractivity contribution in [2.24, 2.45) is 0 Å². The van der Waals surface area contributed by atoms with Gasteiger partial charge in [0.15, 0.2) is 0 Å². The molecule has 28 heavy (non-hydrogen) atoms. The van der Waals surface area contributed by atoms with E-state index in [4.69, 9.17) is 9.79 Å². The second kappa shape index (κ2) is 12.2. The Kier molecular flexibility index (Phi) is 10.3. The van der Waals surface area contributed by atoms with E-state index < -0.39 is 19.7 Å². The molecule has 1 amide bonds. The molecule has 0 bridgehead atoms. The molecule has 3 aromatic rings. The number of carbonyl (C=O) groups excluding carboxylic acids is 1. The second-order valence-corrected chi connectivity index (χ2v) is 7.43. The summed E-state index contributed by atoms with van der Waals surface area (Å²) < 4.78 is 10.7. The Balaban J connectivity index is 0.000000567. The van der Waals surface area contributed by atoms with Gasteiger partial charge in [0.2, 0.25) is 5.91 Å². The molecule has 0 spiro atoms. The fourth-order valence-electron chi connectivity index (χ4n) is 2.06. The molecule has 0 fully saturated rings. The Hall–Kier alpha value is -2.38. The smallest absolute Gasteiger partial charge is 0.374 e. The Bertz CT molecular complexity index is 916. The minimum atomic E-state index is -4.15. The summed E-state index contributed by atoms with van der Waals surface area (Å²) in [6, 6.07) is 24.7. The van der Waals surface area contributed by atoms with Crippen LogP contribution in [0.3, 0.4) is 0 Å². The monoisotopic (exact) mass is 437 g/mol. The van der Waals surface area contributed by atoms with Gasteiger partial charge in [-0.05, 0) is 5.56 Å². The molecule has 0 aliphatic heterocycles. The van der Waals surface area contributed by atoms with Crippen molar-refractivity contribution < 1.29 is 36.2 Å². The first-order chi connectivity index (χ1) is 12.9. The van der Waals surface area contributed by atoms with Gasteiger partial charge in [0.05, 0.1) is 6.16 Å². The van der Waals surface area contributed by atoms with Gasteiger partial charge in [-0.1, -0.05) is 41.6 Å². The van der Waals surface area contributed by atoms with Crippen LogP contribution in [0.1, 0.15) is 17.5 Å². The molecule has 0 heterocycles. The van der Waals surface area contributed by atoms with E-state index in [0.29, 0.717) is 5.69 Å². The molecule has 0 saturated heterocycles. The molecule has 7 heteroatoms. The number of amides is 1. The van der Waals surface area contributed by atoms with Gasteiger partial charge >= 0.3 is 24.7 Å². The number of hydrogen-bond donors (Lipinski definition) is 3. The van der Waals surface area contributed by atoms with Crippen LogP contribution in [-0.2, 0) is 26.4 Å². The van der Waals surface area contributed by atoms with Crippen LogP contribution in [0.25, 0.3) is 0 Å². The number of nitrogens with one attached hydrogen (secondary N) is 1. The van der Waals surface area contributed by atoms with Gasteiger partial charge in [-0.2, -0.15) is 36.1 Å². The molecule has 3 N–H and O–H groups in total. The average molecular weight is 437 g/mol. The summed E-state index contributed by atoms with van der Waals surface area (Å²) in [5.41, 5.74) is 2.22. The number of hydrogen-bond acceptors (Lipinski definition) is 2. The standard InChI is InChI=1S/C16H15NO4P.C5H5.Fe/c18-16(10-11-22(19,20)21)17-15-9-8-14(12-15)7-6-13-4-2-1-3-5-13;1-2-4-5-3-1;/h1-5,8-9,12H,10-11H2,(H,17,18)(H2,19,20,21);1-5H;/q2*-1;+2. The molecule has 0 saturated carbocycles. The summed E-state index contributed by atoms with van der Waals surface area (Å²) in [7, 11) is -4.15. The fourth-order valence-corrected chi connectivity index (χ4v) is 2.55. The molecule has 5 nitrogen and oxygen atoms in total. The van der Waals surface area contributed by atoms with Crippen molar-refractivity contribution in [1.82, 2.24) is 0 Å². The molecule has 0 aliphatic rings. The van der Waals surface area contributed by atoms with E-state index in [1.54, 1.807) is 18.2 Å². The quantitative estimate of drug-likeness (QED) is 0.252. The SMILES string of the molecule is O=C(CCP(=O)(O)O)Nc1cc[c-](C#Cc2ccccc2)c1.[Fe+2].c1cc[cH-]c1. The first-order valence-corrected chi connectivity index (χ1v) is 10.1. The van der Waals surface area contributed by atoms with Gasteiger partial charge in [0, 0.05) is 6.42 Å². The van der Waals surface area contributed by atoms with E-state index in [2.05, 4.69) is 17.2 Å². The third-order valence-electron chi connectivity index (χ3n) is 3.35. The van der Waals surface area contributed by atoms with Crippen LogP contribution in [0.2, 0.25) is 0 Å². The Morgan fingerprint density at radius 1 is 1.11 bits per heavy atom. The minimum Gasteiger partial charge on any atom is -0.374 e. The maximum absolute atomic E-state index is 11.6. The van der Waals surface area contributed by atoms with Crippen LogP contribution in [0.15, 0.2) is 78.9 Å². The largest absolute Gasteiger partial charge is 2.00 e. The molecule has 146 valence electrons. The van der Waals surface area contributed by atoms with E-state index in [-0.39, 0.29) is 23.5 Å². The average Bonchev–Trinajstić information content (AvgIpc) is 3.34. The predicted octanol–water partition coefficient (Wildman–Crippen LogP) is 3.71. The van der Waals surface area contributed by atoms with E-state index >= 15 is 0 Å². The summed E-state index contributed by atoms with van der Waals surface area (Å²) in [5.74, 6) is 5.56. The van der Waals surface area contributed by atoms with Gasteiger partial charge < -0.3 is 15.1 Å². The topological polar surface area (TPSA) is 86.6 Å². The number of carbonyl (C=O) groups is 1. The van der Waals surface area contributed by atoms with Crippen LogP contribution in [0.4, 0.5) is 5.69 Å². The molecular formula is C21H20FeNO4P. The molecule has 0 aromatic heterocycles. The summed E-state index contributed by atoms with van der Waals surface area (Å²) in [6.07, 6.45) is -0.680. The normalized spacial score (nSPS) is 9.79. The molecule has 0 aliphatic carbocycles. The third-order valence-corrected chi connectivity index (χ3v) is 4.15. The van der Waals surface area contributed by atoms with Gasteiger partial charge in [0.1, 0.15) is 0 Å². The molecule has 3 rings (SSSR count). The van der Waals surface area contributed by atoms with Crippen molar-refractivity contribution in [2.45, 2.75) is 6.42 Å². The molecule has 3 aromatic carbocycles. The van der Waals surface area contributed by atoms with E-state index in [0.717, 1.165) is 11.1 Å². The van der Waals surface area contributed by atoms with Crippen LogP contribution in [0.5, 0.6) is 0 Å². The summed E-state index contributed by atoms with van der Waals surface area (Å²) in [6.45, 7) is 0. The number of rotatable bonds is 4. The maximum Gasteiger partial charge on any atom is 2.00 e. The summed E-state index contributed by atoms with van der Waals surface area (Å²) in [4.78, 5) is 29.0. The first kappa shape index (κ1) is 23.7. The maximum atomic E-state index is 11.6.